The third-order valence-electron chi connectivity index (χ3n) is 3.01. The molecule has 0 atom stereocenters. The molecule has 0 heterocycles. The van der Waals surface area contributed by atoms with Crippen molar-refractivity contribution in [2.75, 3.05) is 17.8 Å². The highest BCUT2D eigenvalue weighted by Gasteiger charge is 2.09. The van der Waals surface area contributed by atoms with E-state index in [1.54, 1.807) is 7.05 Å². The van der Waals surface area contributed by atoms with Crippen molar-refractivity contribution in [3.8, 4) is 5.75 Å². The fourth-order valence-electron chi connectivity index (χ4n) is 1.79. The number of nitrogens with zero attached hydrogens (tertiary/aromatic N) is 1. The van der Waals surface area contributed by atoms with Crippen LogP contribution in [-0.4, -0.2) is 18.8 Å². The average Bonchev–Trinajstić information content (AvgIpc) is 2.52. The van der Waals surface area contributed by atoms with Gasteiger partial charge in [0.1, 0.15) is 18.2 Å². The van der Waals surface area contributed by atoms with E-state index in [1.165, 1.54) is 4.90 Å². The molecule has 0 aliphatic heterocycles. The van der Waals surface area contributed by atoms with Gasteiger partial charge < -0.3 is 9.64 Å². The van der Waals surface area contributed by atoms with Crippen LogP contribution in [0.25, 0.3) is 0 Å². The zero-order valence-electron chi connectivity index (χ0n) is 11.6. The molecule has 2 aromatic rings. The molecule has 3 nitrogen and oxygen atoms in total. The molecular formula is C16H15Cl2NO2. The lowest BCUT2D eigenvalue weighted by Gasteiger charge is -2.16. The Morgan fingerprint density at radius 3 is 2.52 bits per heavy atom. The Morgan fingerprint density at radius 2 is 1.90 bits per heavy atom. The Labute approximate surface area is 134 Å². The van der Waals surface area contributed by atoms with Gasteiger partial charge in [-0.05, 0) is 42.0 Å². The highest BCUT2D eigenvalue weighted by Crippen LogP contribution is 2.20. The topological polar surface area (TPSA) is 29.5 Å². The molecule has 21 heavy (non-hydrogen) atoms. The van der Waals surface area contributed by atoms with Crippen LogP contribution in [0.5, 0.6) is 5.75 Å². The minimum atomic E-state index is -0.149. The number of benzene rings is 2. The van der Waals surface area contributed by atoms with Crippen LogP contribution in [0, 0.1) is 0 Å². The smallest absolute Gasteiger partial charge is 0.241 e. The minimum Gasteiger partial charge on any atom is -0.489 e. The Balaban J connectivity index is 1.98. The largest absolute Gasteiger partial charge is 0.489 e. The van der Waals surface area contributed by atoms with Gasteiger partial charge in [0.2, 0.25) is 5.91 Å². The molecule has 2 aromatic carbocycles. The number of rotatable bonds is 5. The number of alkyl halides is 1. The number of carbonyl (C=O) groups excluding carboxylic acids is 1. The van der Waals surface area contributed by atoms with Crippen LogP contribution in [0.4, 0.5) is 5.69 Å². The summed E-state index contributed by atoms with van der Waals surface area (Å²) in [5, 5.41) is 0.688. The predicted molar refractivity (Wildman–Crippen MR) is 86.4 cm³/mol. The molecule has 0 saturated heterocycles. The third-order valence-corrected chi connectivity index (χ3v) is 3.47. The van der Waals surface area contributed by atoms with Crippen LogP contribution >= 0.6 is 23.2 Å². The summed E-state index contributed by atoms with van der Waals surface area (Å²) >= 11 is 11.5. The maximum Gasteiger partial charge on any atom is 0.241 e. The van der Waals surface area contributed by atoms with Crippen molar-refractivity contribution < 1.29 is 9.53 Å². The summed E-state index contributed by atoms with van der Waals surface area (Å²) in [7, 11) is 1.69. The average molecular weight is 324 g/mol. The van der Waals surface area contributed by atoms with E-state index in [9.17, 15) is 4.79 Å². The molecule has 0 saturated carbocycles. The first-order valence-corrected chi connectivity index (χ1v) is 7.31. The van der Waals surface area contributed by atoms with Crippen molar-refractivity contribution in [3.63, 3.8) is 0 Å². The summed E-state index contributed by atoms with van der Waals surface area (Å²) in [6.45, 7) is 0.441. The molecule has 110 valence electrons. The summed E-state index contributed by atoms with van der Waals surface area (Å²) in [6.07, 6.45) is 0. The van der Waals surface area contributed by atoms with E-state index in [1.807, 2.05) is 48.5 Å². The first-order chi connectivity index (χ1) is 10.1. The van der Waals surface area contributed by atoms with Gasteiger partial charge in [0.25, 0.3) is 0 Å². The monoisotopic (exact) mass is 323 g/mol. The number of hydrogen-bond donors (Lipinski definition) is 0. The number of ether oxygens (including phenoxy) is 1. The standard InChI is InChI=1S/C16H15Cl2NO2/c1-19(16(20)10-17)14-5-7-15(8-6-14)21-11-12-3-2-4-13(18)9-12/h2-9H,10-11H2,1H3. The van der Waals surface area contributed by atoms with Crippen molar-refractivity contribution in [2.24, 2.45) is 0 Å². The van der Waals surface area contributed by atoms with Gasteiger partial charge in [0.15, 0.2) is 0 Å². The highest BCUT2D eigenvalue weighted by molar-refractivity contribution is 6.30. The van der Waals surface area contributed by atoms with Crippen molar-refractivity contribution in [2.45, 2.75) is 6.61 Å². The fourth-order valence-corrected chi connectivity index (χ4v) is 2.19. The van der Waals surface area contributed by atoms with E-state index in [4.69, 9.17) is 27.9 Å². The molecule has 2 rings (SSSR count). The third kappa shape index (κ3) is 4.38. The first-order valence-electron chi connectivity index (χ1n) is 6.40. The summed E-state index contributed by atoms with van der Waals surface area (Å²) in [6, 6.07) is 14.8. The van der Waals surface area contributed by atoms with Crippen LogP contribution in [0.15, 0.2) is 48.5 Å². The molecule has 0 aliphatic rings. The van der Waals surface area contributed by atoms with Gasteiger partial charge in [-0.15, -0.1) is 11.6 Å². The molecule has 0 radical (unpaired) electrons. The summed E-state index contributed by atoms with van der Waals surface area (Å²) < 4.78 is 5.68. The predicted octanol–water partition coefficient (Wildman–Crippen LogP) is 4.12. The Hall–Kier alpha value is -1.71. The summed E-state index contributed by atoms with van der Waals surface area (Å²) in [5.41, 5.74) is 1.77. The Bertz CT molecular complexity index is 614. The second kappa shape index (κ2) is 7.34. The van der Waals surface area contributed by atoms with E-state index < -0.39 is 0 Å². The maximum absolute atomic E-state index is 11.5. The molecule has 0 unspecified atom stereocenters. The Kier molecular flexibility index (Phi) is 5.48. The number of halogens is 2. The molecule has 0 spiro atoms. The molecule has 0 bridgehead atoms. The molecule has 1 amide bonds. The van der Waals surface area contributed by atoms with E-state index in [0.29, 0.717) is 11.6 Å². The van der Waals surface area contributed by atoms with Gasteiger partial charge in [-0.1, -0.05) is 23.7 Å². The summed E-state index contributed by atoms with van der Waals surface area (Å²) in [5.74, 6) is 0.540. The quantitative estimate of drug-likeness (QED) is 0.774. The van der Waals surface area contributed by atoms with Crippen LogP contribution in [-0.2, 0) is 11.4 Å². The van der Waals surface area contributed by atoms with Crippen molar-refractivity contribution in [1.82, 2.24) is 0 Å². The van der Waals surface area contributed by atoms with Crippen molar-refractivity contribution in [3.05, 3.63) is 59.1 Å². The first kappa shape index (κ1) is 15.7. The fraction of sp³-hybridized carbons (Fsp3) is 0.188. The number of hydrogen-bond acceptors (Lipinski definition) is 2. The van der Waals surface area contributed by atoms with Crippen LogP contribution in [0.3, 0.4) is 0 Å². The van der Waals surface area contributed by atoms with Gasteiger partial charge in [0.05, 0.1) is 0 Å². The van der Waals surface area contributed by atoms with E-state index in [-0.39, 0.29) is 11.8 Å². The molecule has 0 N–H and O–H groups in total. The van der Waals surface area contributed by atoms with Crippen LogP contribution < -0.4 is 9.64 Å². The molecular weight excluding hydrogens is 309 g/mol. The maximum atomic E-state index is 11.5. The van der Waals surface area contributed by atoms with Gasteiger partial charge in [0, 0.05) is 17.8 Å². The van der Waals surface area contributed by atoms with Crippen LogP contribution in [0.1, 0.15) is 5.56 Å². The zero-order valence-corrected chi connectivity index (χ0v) is 13.1. The van der Waals surface area contributed by atoms with Crippen molar-refractivity contribution in [1.29, 1.82) is 0 Å². The molecule has 0 aromatic heterocycles. The highest BCUT2D eigenvalue weighted by atomic mass is 35.5. The van der Waals surface area contributed by atoms with Gasteiger partial charge >= 0.3 is 0 Å². The molecule has 5 heteroatoms. The van der Waals surface area contributed by atoms with Crippen molar-refractivity contribution >= 4 is 34.8 Å². The molecule has 0 aliphatic carbocycles. The lowest BCUT2D eigenvalue weighted by atomic mass is 10.2. The number of anilines is 1. The normalized spacial score (nSPS) is 10.2. The second-order valence-electron chi connectivity index (χ2n) is 4.50. The van der Waals surface area contributed by atoms with Crippen LogP contribution in [0.2, 0.25) is 5.02 Å². The van der Waals surface area contributed by atoms with Gasteiger partial charge in [-0.25, -0.2) is 0 Å². The van der Waals surface area contributed by atoms with E-state index >= 15 is 0 Å². The minimum absolute atomic E-state index is 0.0382. The summed E-state index contributed by atoms with van der Waals surface area (Å²) in [4.78, 5) is 13.0. The SMILES string of the molecule is CN(C(=O)CCl)c1ccc(OCc2cccc(Cl)c2)cc1. The zero-order chi connectivity index (χ0) is 15.2. The lowest BCUT2D eigenvalue weighted by molar-refractivity contribution is -0.116. The number of carbonyl (C=O) groups is 1. The lowest BCUT2D eigenvalue weighted by Crippen LogP contribution is -2.26. The van der Waals surface area contributed by atoms with Gasteiger partial charge in [-0.2, -0.15) is 0 Å². The second-order valence-corrected chi connectivity index (χ2v) is 5.20. The van der Waals surface area contributed by atoms with E-state index in [0.717, 1.165) is 17.0 Å². The van der Waals surface area contributed by atoms with E-state index in [2.05, 4.69) is 0 Å². The molecule has 0 fully saturated rings. The Morgan fingerprint density at radius 1 is 1.19 bits per heavy atom. The van der Waals surface area contributed by atoms with Gasteiger partial charge in [-0.3, -0.25) is 4.79 Å². The number of amides is 1.